The van der Waals surface area contributed by atoms with Gasteiger partial charge in [0.2, 0.25) is 0 Å². The Bertz CT molecular complexity index is 132. The van der Waals surface area contributed by atoms with Gasteiger partial charge >= 0.3 is 0 Å². The Hall–Kier alpha value is 0.320. The number of rotatable bonds is 4. The number of carbonyl (C=O) groups excluding carboxylic acids is 1. The van der Waals surface area contributed by atoms with Crippen molar-refractivity contribution < 1.29 is 14.4 Å². The number of carbonyl (C=O) groups is 1. The number of aliphatic hydroxyl groups excluding tert-OH is 1. The first-order chi connectivity index (χ1) is 5.83. The number of likely N-dealkylation sites (N-methyl/N-ethyl adjacent to an activating group) is 1. The molecule has 0 aliphatic heterocycles. The van der Waals surface area contributed by atoms with Gasteiger partial charge in [-0.1, -0.05) is 6.92 Å². The van der Waals surface area contributed by atoms with E-state index in [0.717, 1.165) is 23.9 Å². The molecule has 3 nitrogen and oxygen atoms in total. The van der Waals surface area contributed by atoms with E-state index in [0.29, 0.717) is 0 Å². The SMILES string of the molecule is CCCC(=O)I.C[N+](C)(C)CCO. The van der Waals surface area contributed by atoms with Crippen molar-refractivity contribution in [2.45, 2.75) is 19.8 Å². The molecule has 0 heterocycles. The van der Waals surface area contributed by atoms with Gasteiger partial charge < -0.3 is 9.59 Å². The quantitative estimate of drug-likeness (QED) is 0.485. The maximum absolute atomic E-state index is 10.0. The normalized spacial score (nSPS) is 10.3. The van der Waals surface area contributed by atoms with Gasteiger partial charge in [0.1, 0.15) is 6.54 Å². The first-order valence-electron chi connectivity index (χ1n) is 4.43. The summed E-state index contributed by atoms with van der Waals surface area (Å²) in [5.41, 5.74) is 0. The van der Waals surface area contributed by atoms with E-state index in [-0.39, 0.29) is 10.4 Å². The van der Waals surface area contributed by atoms with Crippen molar-refractivity contribution in [1.82, 2.24) is 0 Å². The molecule has 0 saturated heterocycles. The molecular formula is C9H21INO2+. The van der Waals surface area contributed by atoms with E-state index in [1.165, 1.54) is 0 Å². The molecule has 0 fully saturated rings. The van der Waals surface area contributed by atoms with Crippen LogP contribution in [0.2, 0.25) is 0 Å². The highest BCUT2D eigenvalue weighted by Crippen LogP contribution is 1.94. The van der Waals surface area contributed by atoms with E-state index in [1.807, 2.05) is 6.92 Å². The molecule has 0 radical (unpaired) electrons. The van der Waals surface area contributed by atoms with Crippen LogP contribution in [0, 0.1) is 0 Å². The van der Waals surface area contributed by atoms with Gasteiger partial charge in [0, 0.05) is 6.42 Å². The van der Waals surface area contributed by atoms with Crippen LogP contribution in [0.25, 0.3) is 0 Å². The van der Waals surface area contributed by atoms with Crippen molar-refractivity contribution >= 4 is 26.4 Å². The van der Waals surface area contributed by atoms with Gasteiger partial charge in [-0.15, -0.1) is 0 Å². The molecule has 0 aromatic rings. The number of quaternary nitrogens is 1. The van der Waals surface area contributed by atoms with Gasteiger partial charge in [-0.3, -0.25) is 4.79 Å². The van der Waals surface area contributed by atoms with Crippen LogP contribution >= 0.6 is 22.6 Å². The highest BCUT2D eigenvalue weighted by Gasteiger charge is 2.02. The average molecular weight is 302 g/mol. The van der Waals surface area contributed by atoms with Crippen molar-refractivity contribution in [3.8, 4) is 0 Å². The van der Waals surface area contributed by atoms with Crippen LogP contribution < -0.4 is 0 Å². The summed E-state index contributed by atoms with van der Waals surface area (Å²) >= 11 is 1.80. The van der Waals surface area contributed by atoms with Gasteiger partial charge in [-0.05, 0) is 29.0 Å². The summed E-state index contributed by atoms with van der Waals surface area (Å²) in [6, 6.07) is 0. The predicted octanol–water partition coefficient (Wildman–Crippen LogP) is 1.43. The third-order valence-electron chi connectivity index (χ3n) is 1.22. The smallest absolute Gasteiger partial charge is 0.192 e. The molecule has 1 N–H and O–H groups in total. The van der Waals surface area contributed by atoms with Gasteiger partial charge in [-0.25, -0.2) is 0 Å². The maximum atomic E-state index is 10.0. The minimum Gasteiger partial charge on any atom is -0.391 e. The summed E-state index contributed by atoms with van der Waals surface area (Å²) in [6.07, 6.45) is 1.70. The zero-order valence-corrected chi connectivity index (χ0v) is 11.2. The summed E-state index contributed by atoms with van der Waals surface area (Å²) in [5, 5.41) is 8.39. The molecule has 80 valence electrons. The predicted molar refractivity (Wildman–Crippen MR) is 63.9 cm³/mol. The third kappa shape index (κ3) is 24.5. The molecule has 0 aromatic heterocycles. The average Bonchev–Trinajstić information content (AvgIpc) is 1.84. The molecule has 0 saturated carbocycles. The highest BCUT2D eigenvalue weighted by molar-refractivity contribution is 14.1. The second kappa shape index (κ2) is 8.90. The monoisotopic (exact) mass is 302 g/mol. The van der Waals surface area contributed by atoms with Crippen LogP contribution in [0.15, 0.2) is 0 Å². The Morgan fingerprint density at radius 2 is 1.85 bits per heavy atom. The molecular weight excluding hydrogens is 281 g/mol. The van der Waals surface area contributed by atoms with Crippen LogP contribution in [-0.4, -0.2) is 47.7 Å². The molecule has 0 rings (SSSR count). The first kappa shape index (κ1) is 15.8. The van der Waals surface area contributed by atoms with Gasteiger partial charge in [0.25, 0.3) is 0 Å². The fourth-order valence-electron chi connectivity index (χ4n) is 0.497. The molecule has 0 aliphatic rings. The molecule has 0 atom stereocenters. The number of hydrogen-bond donors (Lipinski definition) is 1. The Labute approximate surface area is 94.9 Å². The molecule has 0 unspecified atom stereocenters. The van der Waals surface area contributed by atoms with Crippen LogP contribution in [-0.2, 0) is 4.79 Å². The van der Waals surface area contributed by atoms with Gasteiger partial charge in [-0.2, -0.15) is 0 Å². The second-order valence-electron chi connectivity index (χ2n) is 3.84. The lowest BCUT2D eigenvalue weighted by molar-refractivity contribution is -0.870. The van der Waals surface area contributed by atoms with E-state index >= 15 is 0 Å². The number of halogens is 1. The standard InChI is InChI=1S/C5H14NO.C4H7IO/c1-6(2,3)4-5-7;1-2-3-4(5)6/h7H,4-5H2,1-3H3;2-3H2,1H3/q+1;. The van der Waals surface area contributed by atoms with Crippen LogP contribution in [0.4, 0.5) is 0 Å². The van der Waals surface area contributed by atoms with E-state index in [1.54, 1.807) is 22.6 Å². The van der Waals surface area contributed by atoms with Gasteiger partial charge in [0.05, 0.1) is 27.7 Å². The zero-order valence-electron chi connectivity index (χ0n) is 9.01. The lowest BCUT2D eigenvalue weighted by atomic mass is 10.4. The van der Waals surface area contributed by atoms with E-state index in [4.69, 9.17) is 5.11 Å². The van der Waals surface area contributed by atoms with Crippen LogP contribution in [0.3, 0.4) is 0 Å². The summed E-state index contributed by atoms with van der Waals surface area (Å²) in [7, 11) is 6.16. The lowest BCUT2D eigenvalue weighted by Gasteiger charge is -2.21. The Balaban J connectivity index is 0. The fraction of sp³-hybridized carbons (Fsp3) is 0.889. The van der Waals surface area contributed by atoms with Gasteiger partial charge in [0.15, 0.2) is 3.79 Å². The van der Waals surface area contributed by atoms with Crippen molar-refractivity contribution in [2.75, 3.05) is 34.3 Å². The molecule has 0 bridgehead atoms. The fourth-order valence-corrected chi connectivity index (χ4v) is 1.04. The van der Waals surface area contributed by atoms with Crippen LogP contribution in [0.5, 0.6) is 0 Å². The molecule has 0 amide bonds. The number of hydrogen-bond acceptors (Lipinski definition) is 2. The Morgan fingerprint density at radius 1 is 1.38 bits per heavy atom. The first-order valence-corrected chi connectivity index (χ1v) is 5.51. The minimum atomic E-state index is 0.259. The molecule has 4 heteroatoms. The summed E-state index contributed by atoms with van der Waals surface area (Å²) in [6.45, 7) is 3.11. The Kier molecular flexibility index (Phi) is 10.8. The molecule has 0 aromatic carbocycles. The molecule has 0 spiro atoms. The van der Waals surface area contributed by atoms with Crippen molar-refractivity contribution in [3.05, 3.63) is 0 Å². The van der Waals surface area contributed by atoms with Crippen molar-refractivity contribution in [3.63, 3.8) is 0 Å². The number of nitrogens with zero attached hydrogens (tertiary/aromatic N) is 1. The summed E-state index contributed by atoms with van der Waals surface area (Å²) < 4.78 is 1.10. The molecule has 0 aliphatic carbocycles. The van der Waals surface area contributed by atoms with Crippen molar-refractivity contribution in [2.24, 2.45) is 0 Å². The maximum Gasteiger partial charge on any atom is 0.192 e. The second-order valence-corrected chi connectivity index (χ2v) is 5.05. The topological polar surface area (TPSA) is 37.3 Å². The molecule has 13 heavy (non-hydrogen) atoms. The van der Waals surface area contributed by atoms with E-state index < -0.39 is 0 Å². The summed E-state index contributed by atoms with van der Waals surface area (Å²) in [5.74, 6) is 0. The van der Waals surface area contributed by atoms with E-state index in [9.17, 15) is 4.79 Å². The lowest BCUT2D eigenvalue weighted by Crippen LogP contribution is -2.36. The van der Waals surface area contributed by atoms with Crippen LogP contribution in [0.1, 0.15) is 19.8 Å². The minimum absolute atomic E-state index is 0.259. The number of aliphatic hydroxyl groups is 1. The zero-order chi connectivity index (χ0) is 10.9. The third-order valence-corrected chi connectivity index (χ3v) is 1.76. The summed E-state index contributed by atoms with van der Waals surface area (Å²) in [4.78, 5) is 10.0. The highest BCUT2D eigenvalue weighted by atomic mass is 127. The van der Waals surface area contributed by atoms with E-state index in [2.05, 4.69) is 21.1 Å². The van der Waals surface area contributed by atoms with Crippen molar-refractivity contribution in [1.29, 1.82) is 0 Å². The largest absolute Gasteiger partial charge is 0.391 e. The Morgan fingerprint density at radius 3 is 1.85 bits per heavy atom.